The van der Waals surface area contributed by atoms with Gasteiger partial charge in [0.15, 0.2) is 6.61 Å². The molecule has 0 fully saturated rings. The van der Waals surface area contributed by atoms with Crippen LogP contribution in [0.2, 0.25) is 5.02 Å². The van der Waals surface area contributed by atoms with E-state index in [1.807, 2.05) is 6.92 Å². The summed E-state index contributed by atoms with van der Waals surface area (Å²) in [5.74, 6) is 0.432. The minimum Gasteiger partial charge on any atom is -0.482 e. The summed E-state index contributed by atoms with van der Waals surface area (Å²) in [5.41, 5.74) is 6.49. The standard InChI is InChI=1S/C14H18ClN3O3/c1-8(6-16)2-3-13(19)17-10-5-12-11(4-9(10)15)18-14(20)7-21-12/h4-5,8H,2-3,6-7,16H2,1H3,(H,17,19)(H,18,20). The molecule has 1 aromatic rings. The first-order valence-electron chi connectivity index (χ1n) is 6.75. The molecule has 0 saturated carbocycles. The highest BCUT2D eigenvalue weighted by atomic mass is 35.5. The van der Waals surface area contributed by atoms with Crippen LogP contribution in [0.15, 0.2) is 12.1 Å². The molecule has 0 radical (unpaired) electrons. The first-order valence-corrected chi connectivity index (χ1v) is 7.13. The Kier molecular flexibility index (Phi) is 5.03. The third kappa shape index (κ3) is 4.09. The third-order valence-corrected chi connectivity index (χ3v) is 3.56. The Hall–Kier alpha value is -1.79. The second kappa shape index (κ2) is 6.78. The zero-order valence-corrected chi connectivity index (χ0v) is 12.5. The Bertz CT molecular complexity index is 563. The van der Waals surface area contributed by atoms with Crippen molar-refractivity contribution >= 4 is 34.8 Å². The molecule has 1 aromatic carbocycles. The third-order valence-electron chi connectivity index (χ3n) is 3.24. The van der Waals surface area contributed by atoms with E-state index in [0.717, 1.165) is 6.42 Å². The SMILES string of the molecule is CC(CN)CCC(=O)Nc1cc2c(cc1Cl)NC(=O)CO2. The Morgan fingerprint density at radius 3 is 3.05 bits per heavy atom. The predicted molar refractivity (Wildman–Crippen MR) is 81.7 cm³/mol. The first kappa shape index (κ1) is 15.6. The number of ether oxygens (including phenoxy) is 1. The molecular weight excluding hydrogens is 294 g/mol. The van der Waals surface area contributed by atoms with Gasteiger partial charge in [-0.25, -0.2) is 0 Å². The Balaban J connectivity index is 2.03. The number of hydrogen-bond donors (Lipinski definition) is 3. The molecule has 1 heterocycles. The lowest BCUT2D eigenvalue weighted by Gasteiger charge is -2.19. The average molecular weight is 312 g/mol. The molecule has 0 spiro atoms. The normalized spacial score (nSPS) is 14.7. The molecule has 7 heteroatoms. The molecule has 1 atom stereocenters. The molecule has 21 heavy (non-hydrogen) atoms. The molecule has 0 aromatic heterocycles. The lowest BCUT2D eigenvalue weighted by atomic mass is 10.1. The Labute approximate surface area is 128 Å². The first-order chi connectivity index (χ1) is 9.99. The van der Waals surface area contributed by atoms with Gasteiger partial charge in [0.05, 0.1) is 16.4 Å². The average Bonchev–Trinajstić information content (AvgIpc) is 2.45. The summed E-state index contributed by atoms with van der Waals surface area (Å²) >= 11 is 6.10. The molecule has 2 amide bonds. The highest BCUT2D eigenvalue weighted by Crippen LogP contribution is 2.36. The van der Waals surface area contributed by atoms with E-state index in [-0.39, 0.29) is 18.4 Å². The molecule has 1 aliphatic heterocycles. The van der Waals surface area contributed by atoms with Gasteiger partial charge < -0.3 is 21.1 Å². The van der Waals surface area contributed by atoms with E-state index in [2.05, 4.69) is 10.6 Å². The van der Waals surface area contributed by atoms with Crippen LogP contribution in [-0.2, 0) is 9.59 Å². The maximum absolute atomic E-state index is 11.9. The van der Waals surface area contributed by atoms with Gasteiger partial charge in [-0.15, -0.1) is 0 Å². The van der Waals surface area contributed by atoms with Crippen molar-refractivity contribution in [2.45, 2.75) is 19.8 Å². The largest absolute Gasteiger partial charge is 0.482 e. The number of carbonyl (C=O) groups excluding carboxylic acids is 2. The highest BCUT2D eigenvalue weighted by Gasteiger charge is 2.19. The number of benzene rings is 1. The summed E-state index contributed by atoms with van der Waals surface area (Å²) in [6.45, 7) is 2.51. The molecule has 4 N–H and O–H groups in total. The van der Waals surface area contributed by atoms with Crippen LogP contribution in [0.5, 0.6) is 5.75 Å². The summed E-state index contributed by atoms with van der Waals surface area (Å²) < 4.78 is 5.29. The van der Waals surface area contributed by atoms with Crippen molar-refractivity contribution in [1.82, 2.24) is 0 Å². The summed E-state index contributed by atoms with van der Waals surface area (Å²) in [4.78, 5) is 23.1. The van der Waals surface area contributed by atoms with Gasteiger partial charge in [0.1, 0.15) is 5.75 Å². The van der Waals surface area contributed by atoms with Crippen LogP contribution in [0.4, 0.5) is 11.4 Å². The number of hydrogen-bond acceptors (Lipinski definition) is 4. The molecule has 2 rings (SSSR count). The lowest BCUT2D eigenvalue weighted by Crippen LogP contribution is -2.25. The molecule has 1 unspecified atom stereocenters. The van der Waals surface area contributed by atoms with E-state index in [1.54, 1.807) is 12.1 Å². The fraction of sp³-hybridized carbons (Fsp3) is 0.429. The lowest BCUT2D eigenvalue weighted by molar-refractivity contribution is -0.118. The van der Waals surface area contributed by atoms with Crippen LogP contribution in [0.1, 0.15) is 19.8 Å². The number of fused-ring (bicyclic) bond motifs is 1. The van der Waals surface area contributed by atoms with E-state index in [4.69, 9.17) is 22.1 Å². The monoisotopic (exact) mass is 311 g/mol. The second-order valence-electron chi connectivity index (χ2n) is 5.09. The smallest absolute Gasteiger partial charge is 0.262 e. The topological polar surface area (TPSA) is 93.5 Å². The van der Waals surface area contributed by atoms with Crippen LogP contribution < -0.4 is 21.1 Å². The summed E-state index contributed by atoms with van der Waals surface area (Å²) in [6, 6.07) is 3.17. The molecule has 6 nitrogen and oxygen atoms in total. The van der Waals surface area contributed by atoms with Crippen molar-refractivity contribution in [3.8, 4) is 5.75 Å². The van der Waals surface area contributed by atoms with E-state index < -0.39 is 0 Å². The zero-order valence-electron chi connectivity index (χ0n) is 11.7. The molecule has 0 saturated heterocycles. The Morgan fingerprint density at radius 1 is 1.57 bits per heavy atom. The zero-order chi connectivity index (χ0) is 15.4. The van der Waals surface area contributed by atoms with Crippen molar-refractivity contribution in [1.29, 1.82) is 0 Å². The summed E-state index contributed by atoms with van der Waals surface area (Å²) in [5, 5.41) is 5.75. The van der Waals surface area contributed by atoms with Crippen molar-refractivity contribution < 1.29 is 14.3 Å². The van der Waals surface area contributed by atoms with E-state index in [0.29, 0.717) is 41.0 Å². The minimum absolute atomic E-state index is 0.0456. The van der Waals surface area contributed by atoms with E-state index in [1.165, 1.54) is 0 Å². The number of nitrogens with two attached hydrogens (primary N) is 1. The van der Waals surface area contributed by atoms with Crippen LogP contribution in [-0.4, -0.2) is 25.0 Å². The van der Waals surface area contributed by atoms with Crippen LogP contribution in [0.25, 0.3) is 0 Å². The van der Waals surface area contributed by atoms with Gasteiger partial charge in [0.25, 0.3) is 5.91 Å². The fourth-order valence-corrected chi connectivity index (χ4v) is 2.11. The van der Waals surface area contributed by atoms with Crippen LogP contribution in [0, 0.1) is 5.92 Å². The maximum Gasteiger partial charge on any atom is 0.262 e. The summed E-state index contributed by atoms with van der Waals surface area (Å²) in [7, 11) is 0. The van der Waals surface area contributed by atoms with E-state index in [9.17, 15) is 9.59 Å². The Morgan fingerprint density at radius 2 is 2.33 bits per heavy atom. The number of halogens is 1. The quantitative estimate of drug-likeness (QED) is 0.775. The van der Waals surface area contributed by atoms with Crippen molar-refractivity contribution in [2.24, 2.45) is 11.7 Å². The number of rotatable bonds is 5. The van der Waals surface area contributed by atoms with Gasteiger partial charge in [0, 0.05) is 12.5 Å². The molecular formula is C14H18ClN3O3. The van der Waals surface area contributed by atoms with Gasteiger partial charge in [-0.05, 0) is 24.9 Å². The molecule has 1 aliphatic rings. The van der Waals surface area contributed by atoms with Crippen molar-refractivity contribution in [3.63, 3.8) is 0 Å². The minimum atomic E-state index is -0.230. The van der Waals surface area contributed by atoms with Crippen LogP contribution in [0.3, 0.4) is 0 Å². The number of nitrogens with one attached hydrogen (secondary N) is 2. The predicted octanol–water partition coefficient (Wildman–Crippen LogP) is 1.98. The maximum atomic E-state index is 11.9. The highest BCUT2D eigenvalue weighted by molar-refractivity contribution is 6.34. The number of anilines is 2. The van der Waals surface area contributed by atoms with Gasteiger partial charge >= 0.3 is 0 Å². The van der Waals surface area contributed by atoms with E-state index >= 15 is 0 Å². The number of carbonyl (C=O) groups is 2. The van der Waals surface area contributed by atoms with Crippen molar-refractivity contribution in [2.75, 3.05) is 23.8 Å². The molecule has 0 aliphatic carbocycles. The molecule has 114 valence electrons. The van der Waals surface area contributed by atoms with Gasteiger partial charge in [-0.2, -0.15) is 0 Å². The van der Waals surface area contributed by atoms with Gasteiger partial charge in [-0.3, -0.25) is 9.59 Å². The molecule has 0 bridgehead atoms. The number of amides is 2. The second-order valence-corrected chi connectivity index (χ2v) is 5.50. The van der Waals surface area contributed by atoms with Gasteiger partial charge in [-0.1, -0.05) is 18.5 Å². The fourth-order valence-electron chi connectivity index (χ4n) is 1.90. The van der Waals surface area contributed by atoms with Crippen molar-refractivity contribution in [3.05, 3.63) is 17.2 Å². The van der Waals surface area contributed by atoms with Crippen LogP contribution >= 0.6 is 11.6 Å². The summed E-state index contributed by atoms with van der Waals surface area (Å²) in [6.07, 6.45) is 1.10. The van der Waals surface area contributed by atoms with Gasteiger partial charge in [0.2, 0.25) is 5.91 Å².